The summed E-state index contributed by atoms with van der Waals surface area (Å²) in [5, 5.41) is 0.604. The summed E-state index contributed by atoms with van der Waals surface area (Å²) in [7, 11) is 0. The quantitative estimate of drug-likeness (QED) is 0.676. The number of fused-ring (bicyclic) bond motifs is 1. The van der Waals surface area contributed by atoms with Gasteiger partial charge in [-0.15, -0.1) is 11.8 Å². The number of hydrogen-bond donors (Lipinski definition) is 1. The van der Waals surface area contributed by atoms with Crippen LogP contribution in [0, 0.1) is 6.92 Å². The van der Waals surface area contributed by atoms with Gasteiger partial charge in [0.05, 0.1) is 5.02 Å². The molecular formula is C16H16ClNO2S. The van der Waals surface area contributed by atoms with Gasteiger partial charge in [-0.05, 0) is 42.3 Å². The third kappa shape index (κ3) is 3.06. The minimum absolute atomic E-state index is 0.545. The summed E-state index contributed by atoms with van der Waals surface area (Å²) in [5.74, 6) is 2.19. The molecule has 1 aliphatic rings. The van der Waals surface area contributed by atoms with Crippen LogP contribution in [0.5, 0.6) is 11.5 Å². The molecule has 5 heteroatoms. The highest BCUT2D eigenvalue weighted by Gasteiger charge is 2.16. The minimum atomic E-state index is 0.545. The second-order valence-corrected chi connectivity index (χ2v) is 6.29. The van der Waals surface area contributed by atoms with Crippen LogP contribution in [0.1, 0.15) is 11.1 Å². The molecule has 0 bridgehead atoms. The van der Waals surface area contributed by atoms with Crippen LogP contribution in [0.4, 0.5) is 5.69 Å². The lowest BCUT2D eigenvalue weighted by Gasteiger charge is -2.20. The number of nitrogen functional groups attached to an aromatic ring is 1. The summed E-state index contributed by atoms with van der Waals surface area (Å²) < 4.78 is 11.1. The van der Waals surface area contributed by atoms with Gasteiger partial charge in [-0.2, -0.15) is 0 Å². The molecule has 0 saturated carbocycles. The van der Waals surface area contributed by atoms with Gasteiger partial charge in [0.15, 0.2) is 11.5 Å². The molecule has 3 rings (SSSR count). The van der Waals surface area contributed by atoms with E-state index in [4.69, 9.17) is 26.8 Å². The van der Waals surface area contributed by atoms with Crippen LogP contribution in [0.3, 0.4) is 0 Å². The van der Waals surface area contributed by atoms with Crippen molar-refractivity contribution in [2.24, 2.45) is 0 Å². The maximum Gasteiger partial charge on any atom is 0.179 e. The number of nitrogens with two attached hydrogens (primary N) is 1. The highest BCUT2D eigenvalue weighted by molar-refractivity contribution is 7.98. The van der Waals surface area contributed by atoms with Gasteiger partial charge >= 0.3 is 0 Å². The lowest BCUT2D eigenvalue weighted by atomic mass is 10.2. The predicted octanol–water partition coefficient (Wildman–Crippen LogP) is 4.29. The zero-order chi connectivity index (χ0) is 14.8. The molecule has 0 spiro atoms. The lowest BCUT2D eigenvalue weighted by Crippen LogP contribution is -2.15. The van der Waals surface area contributed by atoms with Crippen molar-refractivity contribution in [1.82, 2.24) is 0 Å². The summed E-state index contributed by atoms with van der Waals surface area (Å²) in [5.41, 5.74) is 8.98. The molecule has 1 heterocycles. The Morgan fingerprint density at radius 3 is 2.90 bits per heavy atom. The van der Waals surface area contributed by atoms with Crippen LogP contribution in [0.25, 0.3) is 0 Å². The number of thioether (sulfide) groups is 1. The van der Waals surface area contributed by atoms with Gasteiger partial charge in [-0.1, -0.05) is 17.7 Å². The molecule has 0 radical (unpaired) electrons. The molecule has 21 heavy (non-hydrogen) atoms. The van der Waals surface area contributed by atoms with Gasteiger partial charge < -0.3 is 15.2 Å². The van der Waals surface area contributed by atoms with Crippen LogP contribution in [0.15, 0.2) is 35.2 Å². The maximum absolute atomic E-state index is 6.25. The monoisotopic (exact) mass is 321 g/mol. The van der Waals surface area contributed by atoms with Crippen LogP contribution in [-0.2, 0) is 5.75 Å². The van der Waals surface area contributed by atoms with Crippen LogP contribution < -0.4 is 15.2 Å². The van der Waals surface area contributed by atoms with Crippen molar-refractivity contribution < 1.29 is 9.47 Å². The minimum Gasteiger partial charge on any atom is -0.486 e. The van der Waals surface area contributed by atoms with Gasteiger partial charge in [0.2, 0.25) is 0 Å². The number of ether oxygens (including phenoxy) is 2. The Labute approximate surface area is 133 Å². The van der Waals surface area contributed by atoms with Crippen molar-refractivity contribution in [1.29, 1.82) is 0 Å². The molecule has 0 unspecified atom stereocenters. The first kappa shape index (κ1) is 14.4. The van der Waals surface area contributed by atoms with E-state index >= 15 is 0 Å². The molecule has 0 saturated heterocycles. The van der Waals surface area contributed by atoms with Crippen LogP contribution in [0.2, 0.25) is 5.02 Å². The Kier molecular flexibility index (Phi) is 4.17. The molecule has 0 fully saturated rings. The molecule has 2 aromatic rings. The molecule has 2 aromatic carbocycles. The fourth-order valence-electron chi connectivity index (χ4n) is 2.20. The second-order valence-electron chi connectivity index (χ2n) is 4.86. The average Bonchev–Trinajstić information content (AvgIpc) is 2.49. The average molecular weight is 322 g/mol. The van der Waals surface area contributed by atoms with Crippen molar-refractivity contribution >= 4 is 29.1 Å². The van der Waals surface area contributed by atoms with Gasteiger partial charge in [-0.25, -0.2) is 0 Å². The van der Waals surface area contributed by atoms with E-state index < -0.39 is 0 Å². The number of halogens is 1. The lowest BCUT2D eigenvalue weighted by molar-refractivity contribution is 0.171. The summed E-state index contributed by atoms with van der Waals surface area (Å²) in [6.45, 7) is 3.14. The summed E-state index contributed by atoms with van der Waals surface area (Å²) in [6, 6.07) is 9.90. The third-order valence-corrected chi connectivity index (χ3v) is 4.89. The number of benzene rings is 2. The highest BCUT2D eigenvalue weighted by Crippen LogP contribution is 2.40. The fraction of sp³-hybridized carbons (Fsp3) is 0.250. The van der Waals surface area contributed by atoms with Crippen molar-refractivity contribution in [2.45, 2.75) is 17.6 Å². The summed E-state index contributed by atoms with van der Waals surface area (Å²) in [6.07, 6.45) is 0. The smallest absolute Gasteiger partial charge is 0.179 e. The van der Waals surface area contributed by atoms with Gasteiger partial charge in [-0.3, -0.25) is 0 Å². The normalized spacial score (nSPS) is 13.2. The first-order valence-corrected chi connectivity index (χ1v) is 8.07. The molecule has 0 aromatic heterocycles. The topological polar surface area (TPSA) is 44.5 Å². The van der Waals surface area contributed by atoms with Crippen molar-refractivity contribution in [2.75, 3.05) is 18.9 Å². The molecule has 2 N–H and O–H groups in total. The molecule has 3 nitrogen and oxygen atoms in total. The number of rotatable bonds is 3. The van der Waals surface area contributed by atoms with E-state index in [0.717, 1.165) is 28.3 Å². The van der Waals surface area contributed by atoms with Gasteiger partial charge in [0.1, 0.15) is 13.2 Å². The second kappa shape index (κ2) is 6.08. The first-order chi connectivity index (χ1) is 10.1. The molecule has 0 aliphatic carbocycles. The molecule has 0 amide bonds. The van der Waals surface area contributed by atoms with E-state index in [0.29, 0.717) is 24.0 Å². The van der Waals surface area contributed by atoms with Crippen molar-refractivity contribution in [3.63, 3.8) is 0 Å². The van der Waals surface area contributed by atoms with E-state index in [-0.39, 0.29) is 0 Å². The van der Waals surface area contributed by atoms with E-state index in [1.807, 2.05) is 31.2 Å². The third-order valence-electron chi connectivity index (χ3n) is 3.38. The van der Waals surface area contributed by atoms with E-state index in [1.54, 1.807) is 11.8 Å². The van der Waals surface area contributed by atoms with E-state index in [9.17, 15) is 0 Å². The number of anilines is 1. The zero-order valence-corrected chi connectivity index (χ0v) is 13.3. The molecular weight excluding hydrogens is 306 g/mol. The Hall–Kier alpha value is -1.52. The fourth-order valence-corrected chi connectivity index (χ4v) is 3.48. The predicted molar refractivity (Wildman–Crippen MR) is 87.6 cm³/mol. The maximum atomic E-state index is 6.25. The van der Waals surface area contributed by atoms with Crippen LogP contribution >= 0.6 is 23.4 Å². The Balaban J connectivity index is 1.79. The van der Waals surface area contributed by atoms with Crippen molar-refractivity contribution in [3.05, 3.63) is 46.5 Å². The Morgan fingerprint density at radius 2 is 2.05 bits per heavy atom. The largest absolute Gasteiger partial charge is 0.486 e. The summed E-state index contributed by atoms with van der Waals surface area (Å²) in [4.78, 5) is 1.18. The molecule has 110 valence electrons. The highest BCUT2D eigenvalue weighted by atomic mass is 35.5. The zero-order valence-electron chi connectivity index (χ0n) is 11.7. The SMILES string of the molecule is Cc1c(N)cccc1SCc1cc(Cl)c2c(c1)OCCO2. The Morgan fingerprint density at radius 1 is 1.24 bits per heavy atom. The van der Waals surface area contributed by atoms with Crippen molar-refractivity contribution in [3.8, 4) is 11.5 Å². The van der Waals surface area contributed by atoms with Gasteiger partial charge in [0, 0.05) is 16.3 Å². The molecule has 0 atom stereocenters. The summed E-state index contributed by atoms with van der Waals surface area (Å²) >= 11 is 7.99. The molecule has 1 aliphatic heterocycles. The Bertz CT molecular complexity index is 676. The van der Waals surface area contributed by atoms with Gasteiger partial charge in [0.25, 0.3) is 0 Å². The van der Waals surface area contributed by atoms with Crippen LogP contribution in [-0.4, -0.2) is 13.2 Å². The van der Waals surface area contributed by atoms with E-state index in [2.05, 4.69) is 6.07 Å². The van der Waals surface area contributed by atoms with E-state index in [1.165, 1.54) is 4.90 Å². The first-order valence-electron chi connectivity index (χ1n) is 6.71. The standard InChI is InChI=1S/C16H16ClNO2S/c1-10-13(18)3-2-4-15(10)21-9-11-7-12(17)16-14(8-11)19-5-6-20-16/h2-4,7-8H,5-6,9,18H2,1H3. The number of hydrogen-bond acceptors (Lipinski definition) is 4.